The van der Waals surface area contributed by atoms with Gasteiger partial charge in [-0.3, -0.25) is 23.7 Å². The Kier molecular flexibility index (Phi) is 9.85. The van der Waals surface area contributed by atoms with Crippen molar-refractivity contribution >= 4 is 52.6 Å². The molecule has 1 aromatic heterocycles. The van der Waals surface area contributed by atoms with Gasteiger partial charge in [0.25, 0.3) is 5.91 Å². The number of hydrogen-bond acceptors (Lipinski definition) is 7. The van der Waals surface area contributed by atoms with Gasteiger partial charge in [-0.25, -0.2) is 0 Å². The predicted octanol–water partition coefficient (Wildman–Crippen LogP) is 3.99. The van der Waals surface area contributed by atoms with Crippen LogP contribution in [-0.4, -0.2) is 92.4 Å². The van der Waals surface area contributed by atoms with E-state index < -0.39 is 54.7 Å². The van der Waals surface area contributed by atoms with Crippen molar-refractivity contribution in [2.45, 2.75) is 62.3 Å². The van der Waals surface area contributed by atoms with Crippen LogP contribution in [0.2, 0.25) is 0 Å². The monoisotopic (exact) mass is 727 g/mol. The summed E-state index contributed by atoms with van der Waals surface area (Å²) in [6.45, 7) is 2.07. The Bertz CT molecular complexity index is 1910. The third-order valence-corrected chi connectivity index (χ3v) is 12.0. The number of nitrogens with zero attached hydrogens (tertiary/aromatic N) is 4. The van der Waals surface area contributed by atoms with Crippen LogP contribution in [0.15, 0.2) is 54.6 Å². The first-order valence-electron chi connectivity index (χ1n) is 16.3. The summed E-state index contributed by atoms with van der Waals surface area (Å²) >= 11 is 0.973. The summed E-state index contributed by atoms with van der Waals surface area (Å²) in [5.41, 5.74) is -4.38. The normalized spacial score (nSPS) is 24.7. The van der Waals surface area contributed by atoms with E-state index in [1.165, 1.54) is 24.0 Å². The first-order chi connectivity index (χ1) is 23.7. The van der Waals surface area contributed by atoms with E-state index in [-0.39, 0.29) is 60.6 Å². The van der Waals surface area contributed by atoms with Crippen molar-refractivity contribution in [3.63, 3.8) is 0 Å². The zero-order valence-corrected chi connectivity index (χ0v) is 28.8. The average molecular weight is 728 g/mol. The minimum absolute atomic E-state index is 0.0291. The standard InChI is InChI=1S/C34H36F2N5O7PS/c1-20(42)39-17-25-9-5-6-10-27(38-31(43)30-14-22-13-24(11-12-29(22)50-30)34(35,36)49(46,47)48)32(44)41(25)28(19-39)33(45)40-16-23(15-37)26(18-40)21-7-3-2-4-8-21/h2-4,7-8,11-14,23,25-28H,5-6,9-10,16-19H2,1H3,(H,38,43)(H2,46,47,48)/t23-,25-,26+,27-,28-/m0/s1. The Morgan fingerprint density at radius 1 is 1.00 bits per heavy atom. The third kappa shape index (κ3) is 6.77. The van der Waals surface area contributed by atoms with Crippen molar-refractivity contribution in [1.82, 2.24) is 20.0 Å². The number of nitrogens with one attached hydrogen (secondary N) is 1. The number of hydrogen-bond donors (Lipinski definition) is 3. The fourth-order valence-electron chi connectivity index (χ4n) is 7.26. The Hall–Kier alpha value is -4.22. The maximum Gasteiger partial charge on any atom is 0.399 e. The van der Waals surface area contributed by atoms with Crippen molar-refractivity contribution < 1.29 is 42.3 Å². The first kappa shape index (κ1) is 35.6. The van der Waals surface area contributed by atoms with E-state index in [0.29, 0.717) is 24.0 Å². The lowest BCUT2D eigenvalue weighted by Crippen LogP contribution is -2.68. The van der Waals surface area contributed by atoms with E-state index in [4.69, 9.17) is 9.79 Å². The molecule has 5 atom stereocenters. The van der Waals surface area contributed by atoms with Gasteiger partial charge in [-0.1, -0.05) is 49.2 Å². The van der Waals surface area contributed by atoms with E-state index in [0.717, 1.165) is 29.0 Å². The molecular weight excluding hydrogens is 691 g/mol. The SMILES string of the molecule is CC(=O)N1C[C@@H]2CCCC[C@H](NC(=O)c3cc4cc(C(F)(F)P(=O)(O)O)ccc4s3)C(=O)N2[C@H](C(=O)N2C[C@H](c3ccccc3)[C@@H](C#N)C2)C1. The van der Waals surface area contributed by atoms with Gasteiger partial charge in [0, 0.05) is 42.7 Å². The van der Waals surface area contributed by atoms with E-state index in [2.05, 4.69) is 11.4 Å². The minimum atomic E-state index is -5.80. The number of likely N-dealkylation sites (tertiary alicyclic amines) is 1. The van der Waals surface area contributed by atoms with Gasteiger partial charge in [0.2, 0.25) is 17.7 Å². The summed E-state index contributed by atoms with van der Waals surface area (Å²) in [5.74, 6) is -2.39. The zero-order valence-electron chi connectivity index (χ0n) is 27.1. The summed E-state index contributed by atoms with van der Waals surface area (Å²) in [7, 11) is -5.80. The molecule has 3 aliphatic heterocycles. The highest BCUT2D eigenvalue weighted by molar-refractivity contribution is 7.52. The Morgan fingerprint density at radius 2 is 1.72 bits per heavy atom. The molecule has 3 fully saturated rings. The molecule has 0 radical (unpaired) electrons. The number of nitriles is 1. The first-order valence-corrected chi connectivity index (χ1v) is 18.7. The van der Waals surface area contributed by atoms with Gasteiger partial charge in [-0.05, 0) is 42.0 Å². The van der Waals surface area contributed by atoms with E-state index in [1.54, 1.807) is 9.80 Å². The molecule has 50 heavy (non-hydrogen) atoms. The van der Waals surface area contributed by atoms with Crippen LogP contribution in [0.25, 0.3) is 10.1 Å². The lowest BCUT2D eigenvalue weighted by Gasteiger charge is -2.48. The van der Waals surface area contributed by atoms with E-state index in [9.17, 15) is 37.8 Å². The molecule has 0 saturated carbocycles. The number of piperazine rings is 1. The molecule has 3 saturated heterocycles. The van der Waals surface area contributed by atoms with Crippen molar-refractivity contribution in [3.05, 3.63) is 70.6 Å². The van der Waals surface area contributed by atoms with Gasteiger partial charge in [0.1, 0.15) is 12.1 Å². The van der Waals surface area contributed by atoms with Crippen LogP contribution < -0.4 is 5.32 Å². The number of rotatable bonds is 6. The molecule has 12 nitrogen and oxygen atoms in total. The highest BCUT2D eigenvalue weighted by Gasteiger charge is 2.51. The molecule has 16 heteroatoms. The van der Waals surface area contributed by atoms with Gasteiger partial charge < -0.3 is 29.8 Å². The zero-order chi connectivity index (χ0) is 36.0. The molecule has 4 amide bonds. The Labute approximate surface area is 290 Å². The molecule has 0 aliphatic carbocycles. The van der Waals surface area contributed by atoms with Gasteiger partial charge >= 0.3 is 13.3 Å². The van der Waals surface area contributed by atoms with Crippen LogP contribution >= 0.6 is 18.9 Å². The smallest absolute Gasteiger partial charge is 0.340 e. The molecule has 6 rings (SSSR count). The average Bonchev–Trinajstić information content (AvgIpc) is 3.72. The maximum atomic E-state index is 14.4. The predicted molar refractivity (Wildman–Crippen MR) is 179 cm³/mol. The van der Waals surface area contributed by atoms with Crippen LogP contribution in [0, 0.1) is 17.2 Å². The number of thiophene rings is 1. The molecule has 0 spiro atoms. The third-order valence-electron chi connectivity index (χ3n) is 9.90. The maximum absolute atomic E-state index is 14.4. The molecule has 3 aromatic rings. The number of halogens is 2. The second-order valence-corrected chi connectivity index (χ2v) is 15.8. The fraction of sp³-hybridized carbons (Fsp3) is 0.441. The number of benzene rings is 2. The van der Waals surface area contributed by atoms with Crippen molar-refractivity contribution in [2.24, 2.45) is 5.92 Å². The van der Waals surface area contributed by atoms with Crippen LogP contribution in [0.5, 0.6) is 0 Å². The highest BCUT2D eigenvalue weighted by Crippen LogP contribution is 2.59. The Balaban J connectivity index is 1.25. The van der Waals surface area contributed by atoms with Crippen molar-refractivity contribution in [1.29, 1.82) is 5.26 Å². The molecular formula is C34H36F2N5O7PS. The summed E-state index contributed by atoms with van der Waals surface area (Å²) in [5, 5.41) is 12.9. The molecule has 0 bridgehead atoms. The minimum Gasteiger partial charge on any atom is -0.340 e. The second-order valence-electron chi connectivity index (χ2n) is 13.1. The molecule has 4 heterocycles. The number of fused-ring (bicyclic) bond motifs is 2. The summed E-state index contributed by atoms with van der Waals surface area (Å²) in [4.78, 5) is 77.9. The quantitative estimate of drug-likeness (QED) is 0.320. The lowest BCUT2D eigenvalue weighted by molar-refractivity contribution is -0.158. The number of carbonyl (C=O) groups is 4. The molecule has 3 N–H and O–H groups in total. The largest absolute Gasteiger partial charge is 0.399 e. The molecule has 0 unspecified atom stereocenters. The van der Waals surface area contributed by atoms with Gasteiger partial charge in [0.05, 0.1) is 29.5 Å². The number of alkyl halides is 2. The second kappa shape index (κ2) is 13.8. The van der Waals surface area contributed by atoms with Crippen molar-refractivity contribution in [2.75, 3.05) is 26.2 Å². The molecule has 2 aromatic carbocycles. The number of carbonyl (C=O) groups excluding carboxylic acids is 4. The van der Waals surface area contributed by atoms with Crippen LogP contribution in [0.1, 0.15) is 59.3 Å². The van der Waals surface area contributed by atoms with E-state index in [1.807, 2.05) is 30.3 Å². The van der Waals surface area contributed by atoms with Crippen molar-refractivity contribution in [3.8, 4) is 6.07 Å². The van der Waals surface area contributed by atoms with E-state index >= 15 is 0 Å². The van der Waals surface area contributed by atoms with Crippen LogP contribution in [0.3, 0.4) is 0 Å². The van der Waals surface area contributed by atoms with Crippen LogP contribution in [0.4, 0.5) is 8.78 Å². The summed E-state index contributed by atoms with van der Waals surface area (Å²) in [6, 6.07) is 13.6. The molecule has 3 aliphatic rings. The number of amides is 4. The summed E-state index contributed by atoms with van der Waals surface area (Å²) in [6.07, 6.45) is 2.08. The van der Waals surface area contributed by atoms with Crippen LogP contribution in [-0.2, 0) is 24.6 Å². The molecule has 264 valence electrons. The fourth-order valence-corrected chi connectivity index (χ4v) is 8.68. The summed E-state index contributed by atoms with van der Waals surface area (Å²) < 4.78 is 40.5. The highest BCUT2D eigenvalue weighted by atomic mass is 32.1. The van der Waals surface area contributed by atoms with Gasteiger partial charge in [0.15, 0.2) is 0 Å². The van der Waals surface area contributed by atoms with Gasteiger partial charge in [-0.15, -0.1) is 11.3 Å². The lowest BCUT2D eigenvalue weighted by atomic mass is 9.90. The Morgan fingerprint density at radius 3 is 2.40 bits per heavy atom. The van der Waals surface area contributed by atoms with Gasteiger partial charge in [-0.2, -0.15) is 14.0 Å². The topological polar surface area (TPSA) is 171 Å².